The molecule has 0 aliphatic carbocycles. The van der Waals surface area contributed by atoms with Gasteiger partial charge in [-0.05, 0) is 54.3 Å². The Morgan fingerprint density at radius 1 is 1.16 bits per heavy atom. The van der Waals surface area contributed by atoms with Gasteiger partial charge in [0.2, 0.25) is 15.0 Å². The molecule has 1 amide bonds. The van der Waals surface area contributed by atoms with Crippen LogP contribution in [0, 0.1) is 11.3 Å². The second-order valence-electron chi connectivity index (χ2n) is 8.08. The molecule has 0 saturated heterocycles. The number of anilines is 1. The normalized spacial score (nSPS) is 11.6. The van der Waals surface area contributed by atoms with Gasteiger partial charge in [-0.15, -0.1) is 0 Å². The van der Waals surface area contributed by atoms with Crippen molar-refractivity contribution in [2.45, 2.75) is 31.8 Å². The Bertz CT molecular complexity index is 1490. The smallest absolute Gasteiger partial charge is 0.343 e. The highest BCUT2D eigenvalue weighted by Crippen LogP contribution is 2.30. The summed E-state index contributed by atoms with van der Waals surface area (Å²) in [5.41, 5.74) is 1.65. The Morgan fingerprint density at radius 2 is 1.86 bits per heavy atom. The minimum atomic E-state index is -3.63. The number of nitrogens with one attached hydrogen (secondary N) is 1. The number of amides is 1. The molecule has 1 aromatic heterocycles. The third kappa shape index (κ3) is 7.22. The highest BCUT2D eigenvalue weighted by molar-refractivity contribution is 7.90. The molecule has 0 atom stereocenters. The van der Waals surface area contributed by atoms with Gasteiger partial charge >= 0.3 is 5.97 Å². The standard InChI is InChI=1S/C25H24N4O6S2/c1-5-34-21-13-16(6-11-20(21)35-23(31)18-9-7-17(8-10-18)15(2)3)12-19(14-26)22(30)27-24-28-25(29-36-24)37(4,32)33/h6-13,15H,5H2,1-4H3,(H,27,28,29,30). The molecule has 37 heavy (non-hydrogen) atoms. The monoisotopic (exact) mass is 540 g/mol. The molecule has 0 unspecified atom stereocenters. The number of hydrogen-bond donors (Lipinski definition) is 1. The van der Waals surface area contributed by atoms with E-state index >= 15 is 0 Å². The Labute approximate surface area is 218 Å². The van der Waals surface area contributed by atoms with Gasteiger partial charge in [-0.3, -0.25) is 10.1 Å². The number of benzene rings is 2. The molecule has 0 spiro atoms. The number of hydrogen-bond acceptors (Lipinski definition) is 10. The number of nitriles is 1. The van der Waals surface area contributed by atoms with E-state index in [1.54, 1.807) is 31.2 Å². The first kappa shape index (κ1) is 27.5. The van der Waals surface area contributed by atoms with E-state index in [2.05, 4.69) is 28.5 Å². The topological polar surface area (TPSA) is 148 Å². The molecular formula is C25H24N4O6S2. The second-order valence-corrected chi connectivity index (χ2v) is 10.7. The molecule has 10 nitrogen and oxygen atoms in total. The van der Waals surface area contributed by atoms with Gasteiger partial charge in [-0.2, -0.15) is 14.6 Å². The summed E-state index contributed by atoms with van der Waals surface area (Å²) in [4.78, 5) is 28.9. The SMILES string of the molecule is CCOc1cc(C=C(C#N)C(=O)Nc2nc(S(C)(=O)=O)ns2)ccc1OC(=O)c1ccc(C(C)C)cc1. The van der Waals surface area contributed by atoms with Crippen LogP contribution in [0.1, 0.15) is 48.2 Å². The van der Waals surface area contributed by atoms with E-state index in [0.29, 0.717) is 28.6 Å². The largest absolute Gasteiger partial charge is 0.490 e. The van der Waals surface area contributed by atoms with E-state index in [1.807, 2.05) is 12.1 Å². The first-order valence-electron chi connectivity index (χ1n) is 11.1. The summed E-state index contributed by atoms with van der Waals surface area (Å²) in [6, 6.07) is 13.5. The molecule has 0 bridgehead atoms. The molecule has 2 aromatic carbocycles. The maximum Gasteiger partial charge on any atom is 0.343 e. The quantitative estimate of drug-likeness (QED) is 0.182. The van der Waals surface area contributed by atoms with Crippen molar-refractivity contribution in [2.75, 3.05) is 18.2 Å². The van der Waals surface area contributed by atoms with E-state index in [-0.39, 0.29) is 28.8 Å². The third-order valence-electron chi connectivity index (χ3n) is 4.92. The molecule has 1 heterocycles. The van der Waals surface area contributed by atoms with Gasteiger partial charge in [0.05, 0.1) is 12.2 Å². The van der Waals surface area contributed by atoms with Crippen molar-refractivity contribution >= 4 is 44.5 Å². The van der Waals surface area contributed by atoms with Crippen LogP contribution >= 0.6 is 11.5 Å². The Kier molecular flexibility index (Phi) is 8.75. The van der Waals surface area contributed by atoms with Gasteiger partial charge in [-0.25, -0.2) is 13.2 Å². The zero-order chi connectivity index (χ0) is 27.2. The average Bonchev–Trinajstić information content (AvgIpc) is 3.33. The molecule has 1 N–H and O–H groups in total. The van der Waals surface area contributed by atoms with Crippen molar-refractivity contribution in [1.82, 2.24) is 9.36 Å². The fourth-order valence-corrected chi connectivity index (χ4v) is 4.46. The highest BCUT2D eigenvalue weighted by Gasteiger charge is 2.18. The van der Waals surface area contributed by atoms with Gasteiger partial charge in [0, 0.05) is 17.8 Å². The van der Waals surface area contributed by atoms with E-state index in [1.165, 1.54) is 18.2 Å². The van der Waals surface area contributed by atoms with Gasteiger partial charge in [0.15, 0.2) is 11.5 Å². The zero-order valence-corrected chi connectivity index (χ0v) is 22.1. The molecule has 12 heteroatoms. The van der Waals surface area contributed by atoms with E-state index in [0.717, 1.165) is 11.8 Å². The maximum absolute atomic E-state index is 12.7. The molecule has 0 aliphatic rings. The lowest BCUT2D eigenvalue weighted by Gasteiger charge is -2.12. The highest BCUT2D eigenvalue weighted by atomic mass is 32.2. The molecule has 3 rings (SSSR count). The number of rotatable bonds is 9. The first-order chi connectivity index (χ1) is 17.5. The second kappa shape index (κ2) is 11.8. The first-order valence-corrected chi connectivity index (χ1v) is 13.7. The van der Waals surface area contributed by atoms with Crippen molar-refractivity contribution in [1.29, 1.82) is 5.26 Å². The predicted octanol–water partition coefficient (Wildman–Crippen LogP) is 4.23. The number of aromatic nitrogens is 2. The molecule has 0 radical (unpaired) electrons. The van der Waals surface area contributed by atoms with Crippen LogP contribution in [0.2, 0.25) is 0 Å². The summed E-state index contributed by atoms with van der Waals surface area (Å²) in [6.07, 6.45) is 2.26. The van der Waals surface area contributed by atoms with Crippen molar-refractivity contribution in [3.05, 3.63) is 64.7 Å². The lowest BCUT2D eigenvalue weighted by Crippen LogP contribution is -2.13. The van der Waals surface area contributed by atoms with Gasteiger partial charge in [0.1, 0.15) is 11.6 Å². The summed E-state index contributed by atoms with van der Waals surface area (Å²) in [5.74, 6) is -0.581. The number of sulfone groups is 1. The van der Waals surface area contributed by atoms with Crippen LogP contribution in [-0.4, -0.2) is 42.5 Å². The van der Waals surface area contributed by atoms with E-state index in [4.69, 9.17) is 9.47 Å². The number of esters is 1. The minimum absolute atomic E-state index is 0.0646. The van der Waals surface area contributed by atoms with Gasteiger partial charge in [0.25, 0.3) is 11.1 Å². The fourth-order valence-electron chi connectivity index (χ4n) is 3.02. The zero-order valence-electron chi connectivity index (χ0n) is 20.5. The van der Waals surface area contributed by atoms with Crippen LogP contribution in [0.15, 0.2) is 53.2 Å². The Hall–Kier alpha value is -4.08. The summed E-state index contributed by atoms with van der Waals surface area (Å²) in [5, 5.41) is 11.4. The molecule has 0 aliphatic heterocycles. The summed E-state index contributed by atoms with van der Waals surface area (Å²) in [6.45, 7) is 6.17. The molecule has 3 aromatic rings. The maximum atomic E-state index is 12.7. The van der Waals surface area contributed by atoms with Crippen molar-refractivity contribution in [3.8, 4) is 17.6 Å². The van der Waals surface area contributed by atoms with E-state index in [9.17, 15) is 23.3 Å². The number of carbonyl (C=O) groups excluding carboxylic acids is 2. The number of carbonyl (C=O) groups is 2. The van der Waals surface area contributed by atoms with Gasteiger partial charge in [-0.1, -0.05) is 32.0 Å². The van der Waals surface area contributed by atoms with Crippen molar-refractivity contribution in [3.63, 3.8) is 0 Å². The number of nitrogens with zero attached hydrogens (tertiary/aromatic N) is 3. The molecule has 192 valence electrons. The Balaban J connectivity index is 1.80. The molecular weight excluding hydrogens is 516 g/mol. The van der Waals surface area contributed by atoms with Gasteiger partial charge < -0.3 is 9.47 Å². The van der Waals surface area contributed by atoms with E-state index < -0.39 is 26.9 Å². The number of ether oxygens (including phenoxy) is 2. The molecule has 0 saturated carbocycles. The molecule has 0 fully saturated rings. The third-order valence-corrected chi connectivity index (χ3v) is 6.51. The Morgan fingerprint density at radius 3 is 2.43 bits per heavy atom. The fraction of sp³-hybridized carbons (Fsp3) is 0.240. The van der Waals surface area contributed by atoms with Crippen molar-refractivity contribution in [2.24, 2.45) is 0 Å². The van der Waals surface area contributed by atoms with Crippen LogP contribution in [0.25, 0.3) is 6.08 Å². The summed E-state index contributed by atoms with van der Waals surface area (Å²) in [7, 11) is -3.63. The summed E-state index contributed by atoms with van der Waals surface area (Å²) < 4.78 is 37.9. The minimum Gasteiger partial charge on any atom is -0.490 e. The summed E-state index contributed by atoms with van der Waals surface area (Å²) >= 11 is 0.678. The van der Waals surface area contributed by atoms with Crippen molar-refractivity contribution < 1.29 is 27.5 Å². The lowest BCUT2D eigenvalue weighted by atomic mass is 10.0. The van der Waals surface area contributed by atoms with Crippen LogP contribution in [0.3, 0.4) is 0 Å². The van der Waals surface area contributed by atoms with Crippen LogP contribution in [0.4, 0.5) is 5.13 Å². The van der Waals surface area contributed by atoms with Crippen LogP contribution < -0.4 is 14.8 Å². The predicted molar refractivity (Wildman–Crippen MR) is 138 cm³/mol. The lowest BCUT2D eigenvalue weighted by molar-refractivity contribution is -0.112. The van der Waals surface area contributed by atoms with Crippen LogP contribution in [-0.2, 0) is 14.6 Å². The van der Waals surface area contributed by atoms with Crippen LogP contribution in [0.5, 0.6) is 11.5 Å². The average molecular weight is 541 g/mol.